The van der Waals surface area contributed by atoms with Crippen molar-refractivity contribution in [3.8, 4) is 0 Å². The van der Waals surface area contributed by atoms with Crippen LogP contribution in [-0.2, 0) is 28.6 Å². The van der Waals surface area contributed by atoms with Gasteiger partial charge in [-0.1, -0.05) is 235 Å². The summed E-state index contributed by atoms with van der Waals surface area (Å²) in [6.45, 7) is 6.07. The van der Waals surface area contributed by atoms with Crippen LogP contribution in [0.25, 0.3) is 0 Å². The lowest BCUT2D eigenvalue weighted by Crippen LogP contribution is -2.30. The molecule has 0 saturated heterocycles. The smallest absolute Gasteiger partial charge is 0.306 e. The molecule has 0 N–H and O–H groups in total. The van der Waals surface area contributed by atoms with Crippen LogP contribution in [0.15, 0.2) is 182 Å². The summed E-state index contributed by atoms with van der Waals surface area (Å²) in [4.78, 5) is 37.9. The molecule has 0 aliphatic heterocycles. The lowest BCUT2D eigenvalue weighted by Gasteiger charge is -2.18. The molecule has 1 atom stereocenters. The van der Waals surface area contributed by atoms with Crippen LogP contribution in [0, 0.1) is 0 Å². The molecule has 0 amide bonds. The summed E-state index contributed by atoms with van der Waals surface area (Å²) in [5.41, 5.74) is 0. The fraction of sp³-hybridized carbons (Fsp3) is 0.441. The van der Waals surface area contributed by atoms with Gasteiger partial charge in [-0.25, -0.2) is 0 Å². The van der Waals surface area contributed by atoms with Gasteiger partial charge >= 0.3 is 17.9 Å². The van der Waals surface area contributed by atoms with Crippen molar-refractivity contribution in [2.75, 3.05) is 13.2 Å². The van der Waals surface area contributed by atoms with Crippen molar-refractivity contribution in [1.29, 1.82) is 0 Å². The minimum atomic E-state index is -0.839. The van der Waals surface area contributed by atoms with E-state index in [1.54, 1.807) is 0 Å². The van der Waals surface area contributed by atoms with E-state index in [0.29, 0.717) is 19.3 Å². The molecule has 0 bridgehead atoms. The fourth-order valence-electron chi connectivity index (χ4n) is 5.68. The second kappa shape index (κ2) is 51.1. The lowest BCUT2D eigenvalue weighted by molar-refractivity contribution is -0.167. The van der Waals surface area contributed by atoms with E-state index in [0.717, 1.165) is 96.3 Å². The quantitative estimate of drug-likeness (QED) is 0.0264. The summed E-state index contributed by atoms with van der Waals surface area (Å²) >= 11 is 0. The zero-order chi connectivity index (χ0) is 47.2. The van der Waals surface area contributed by atoms with Crippen molar-refractivity contribution < 1.29 is 28.6 Å². The van der Waals surface area contributed by atoms with Gasteiger partial charge in [0.25, 0.3) is 0 Å². The zero-order valence-electron chi connectivity index (χ0n) is 40.4. The number of hydrogen-bond acceptors (Lipinski definition) is 6. The maximum Gasteiger partial charge on any atom is 0.306 e. The van der Waals surface area contributed by atoms with Crippen LogP contribution >= 0.6 is 0 Å². The number of allylic oxidation sites excluding steroid dienone is 30. The predicted octanol–water partition coefficient (Wildman–Crippen LogP) is 16.2. The molecule has 0 radical (unpaired) electrons. The van der Waals surface area contributed by atoms with Gasteiger partial charge in [0, 0.05) is 19.3 Å². The van der Waals surface area contributed by atoms with Gasteiger partial charge in [0.15, 0.2) is 6.10 Å². The Kier molecular flexibility index (Phi) is 46.8. The largest absolute Gasteiger partial charge is 0.462 e. The first kappa shape index (κ1) is 59.5. The van der Waals surface area contributed by atoms with Gasteiger partial charge in [0.2, 0.25) is 0 Å². The third-order valence-corrected chi connectivity index (χ3v) is 9.27. The van der Waals surface area contributed by atoms with Crippen LogP contribution in [0.5, 0.6) is 0 Å². The summed E-state index contributed by atoms with van der Waals surface area (Å²) in [7, 11) is 0. The Bertz CT molecular complexity index is 1630. The van der Waals surface area contributed by atoms with Gasteiger partial charge in [0.05, 0.1) is 0 Å². The van der Waals surface area contributed by atoms with E-state index in [1.807, 2.05) is 128 Å². The molecule has 0 aromatic heterocycles. The first-order valence-corrected chi connectivity index (χ1v) is 24.5. The van der Waals surface area contributed by atoms with Crippen LogP contribution in [0.1, 0.15) is 149 Å². The van der Waals surface area contributed by atoms with Crippen LogP contribution in [-0.4, -0.2) is 37.2 Å². The average Bonchev–Trinajstić information content (AvgIpc) is 3.30. The standard InChI is InChI=1S/C59H84O6/c1-4-7-10-13-16-19-22-25-27-28-29-30-32-34-37-40-43-46-49-52-58(61)64-55-56(54-63-57(60)51-48-45-42-39-36-33-24-21-18-15-12-9-6-3)65-59(62)53-50-47-44-41-38-35-31-26-23-20-17-14-11-8-5-2/h7-32,34-35,37-38,56H,4-6,33,36,39-55H2,1-3H3/b10-7+,11-8+,12-9+,16-13+,17-14+,18-15+,22-19+,23-20+,24-21+,27-25+,29-28+,31-26+,32-30+,37-34+,38-35+. The Morgan fingerprint density at radius 3 is 0.877 bits per heavy atom. The van der Waals surface area contributed by atoms with E-state index in [2.05, 4.69) is 75.5 Å². The van der Waals surface area contributed by atoms with E-state index in [4.69, 9.17) is 14.2 Å². The van der Waals surface area contributed by atoms with E-state index < -0.39 is 6.10 Å². The summed E-state index contributed by atoms with van der Waals surface area (Å²) in [6, 6.07) is 0. The monoisotopic (exact) mass is 889 g/mol. The SMILES string of the molecule is CC/C=C/C=C/C=C/C=C/C=C/C=C/C=C/CCCCCC(=O)OCC(COC(=O)CCCCCCC/C=C/C=C/C=C/CC)OC(=O)CCCCC/C=C/C=C/C=C/C=C/C=C/CC. The van der Waals surface area contributed by atoms with Crippen molar-refractivity contribution in [3.05, 3.63) is 182 Å². The van der Waals surface area contributed by atoms with E-state index in [1.165, 1.54) is 0 Å². The Morgan fingerprint density at radius 2 is 0.554 bits per heavy atom. The minimum Gasteiger partial charge on any atom is -0.462 e. The summed E-state index contributed by atoms with van der Waals surface area (Å²) < 4.78 is 16.7. The number of hydrogen-bond donors (Lipinski definition) is 0. The van der Waals surface area contributed by atoms with Crippen LogP contribution in [0.4, 0.5) is 0 Å². The predicted molar refractivity (Wildman–Crippen MR) is 278 cm³/mol. The average molecular weight is 889 g/mol. The summed E-state index contributed by atoms with van der Waals surface area (Å²) in [5.74, 6) is -1.06. The number of carbonyl (C=O) groups excluding carboxylic acids is 3. The Labute approximate surface area is 395 Å². The van der Waals surface area contributed by atoms with Crippen molar-refractivity contribution >= 4 is 17.9 Å². The molecular formula is C59H84O6. The molecule has 65 heavy (non-hydrogen) atoms. The van der Waals surface area contributed by atoms with Gasteiger partial charge in [-0.05, 0) is 77.0 Å². The molecule has 0 aromatic rings. The van der Waals surface area contributed by atoms with E-state index in [9.17, 15) is 14.4 Å². The second-order valence-corrected chi connectivity index (χ2v) is 15.2. The van der Waals surface area contributed by atoms with Crippen LogP contribution in [0.2, 0.25) is 0 Å². The highest BCUT2D eigenvalue weighted by Crippen LogP contribution is 2.11. The third-order valence-electron chi connectivity index (χ3n) is 9.27. The van der Waals surface area contributed by atoms with Crippen molar-refractivity contribution in [2.45, 2.75) is 155 Å². The molecule has 0 heterocycles. The number of esters is 3. The van der Waals surface area contributed by atoms with Crippen LogP contribution in [0.3, 0.4) is 0 Å². The molecule has 1 unspecified atom stereocenters. The Morgan fingerprint density at radius 1 is 0.308 bits per heavy atom. The summed E-state index contributed by atoms with van der Waals surface area (Å²) in [5, 5.41) is 0. The number of ether oxygens (including phenoxy) is 3. The normalized spacial score (nSPS) is 13.7. The lowest BCUT2D eigenvalue weighted by atomic mass is 10.1. The van der Waals surface area contributed by atoms with Gasteiger partial charge in [-0.2, -0.15) is 0 Å². The zero-order valence-corrected chi connectivity index (χ0v) is 40.4. The minimum absolute atomic E-state index is 0.133. The van der Waals surface area contributed by atoms with Crippen LogP contribution < -0.4 is 0 Å². The Balaban J connectivity index is 4.65. The highest BCUT2D eigenvalue weighted by Gasteiger charge is 2.19. The molecule has 0 aromatic carbocycles. The van der Waals surface area contributed by atoms with Gasteiger partial charge in [-0.15, -0.1) is 0 Å². The topological polar surface area (TPSA) is 78.9 Å². The van der Waals surface area contributed by atoms with E-state index in [-0.39, 0.29) is 44.0 Å². The molecule has 6 nitrogen and oxygen atoms in total. The molecule has 0 saturated carbocycles. The molecule has 0 spiro atoms. The molecule has 356 valence electrons. The molecule has 0 aliphatic rings. The first-order chi connectivity index (χ1) is 32.0. The first-order valence-electron chi connectivity index (χ1n) is 24.5. The number of carbonyl (C=O) groups is 3. The number of unbranched alkanes of at least 4 members (excludes halogenated alkanes) is 11. The molecule has 6 heteroatoms. The van der Waals surface area contributed by atoms with Crippen molar-refractivity contribution in [1.82, 2.24) is 0 Å². The highest BCUT2D eigenvalue weighted by atomic mass is 16.6. The molecule has 0 rings (SSSR count). The van der Waals surface area contributed by atoms with E-state index >= 15 is 0 Å². The van der Waals surface area contributed by atoms with Crippen molar-refractivity contribution in [3.63, 3.8) is 0 Å². The molecule has 0 fully saturated rings. The number of rotatable bonds is 40. The Hall–Kier alpha value is -5.49. The third kappa shape index (κ3) is 49.4. The highest BCUT2D eigenvalue weighted by molar-refractivity contribution is 5.71. The maximum absolute atomic E-state index is 12.8. The van der Waals surface area contributed by atoms with Gasteiger partial charge < -0.3 is 14.2 Å². The second-order valence-electron chi connectivity index (χ2n) is 15.2. The molecular weight excluding hydrogens is 805 g/mol. The molecule has 0 aliphatic carbocycles. The van der Waals surface area contributed by atoms with Gasteiger partial charge in [0.1, 0.15) is 13.2 Å². The van der Waals surface area contributed by atoms with Crippen molar-refractivity contribution in [2.24, 2.45) is 0 Å². The fourth-order valence-corrected chi connectivity index (χ4v) is 5.68. The summed E-state index contributed by atoms with van der Waals surface area (Å²) in [6.07, 6.45) is 77.2. The maximum atomic E-state index is 12.8. The van der Waals surface area contributed by atoms with Gasteiger partial charge in [-0.3, -0.25) is 14.4 Å².